The van der Waals surface area contributed by atoms with Gasteiger partial charge in [0.05, 0.1) is 33.0 Å². The average Bonchev–Trinajstić information content (AvgIpc) is 3.08. The zero-order chi connectivity index (χ0) is 36.0. The molecule has 0 aliphatic rings. The van der Waals surface area contributed by atoms with E-state index in [9.17, 15) is 13.6 Å². The number of aromatic nitrogens is 3. The molecule has 0 atom stereocenters. The Labute approximate surface area is 290 Å². The molecule has 5 aromatic rings. The molecule has 1 amide bonds. The van der Waals surface area contributed by atoms with E-state index in [1.165, 1.54) is 18.3 Å². The van der Waals surface area contributed by atoms with Gasteiger partial charge < -0.3 is 24.3 Å². The predicted molar refractivity (Wildman–Crippen MR) is 189 cm³/mol. The Morgan fingerprint density at radius 3 is 2.38 bits per heavy atom. The zero-order valence-corrected chi connectivity index (χ0v) is 29.2. The van der Waals surface area contributed by atoms with Crippen molar-refractivity contribution in [2.45, 2.75) is 59.8 Å². The molecule has 0 aliphatic carbocycles. The van der Waals surface area contributed by atoms with Gasteiger partial charge in [-0.25, -0.2) is 28.5 Å². The number of rotatable bonds is 12. The summed E-state index contributed by atoms with van der Waals surface area (Å²) in [5, 5.41) is 3.14. The van der Waals surface area contributed by atoms with Crippen molar-refractivity contribution in [1.29, 1.82) is 0 Å². The van der Waals surface area contributed by atoms with Crippen molar-refractivity contribution in [3.05, 3.63) is 95.3 Å². The summed E-state index contributed by atoms with van der Waals surface area (Å²) in [6.45, 7) is 8.85. The maximum atomic E-state index is 14.0. The van der Waals surface area contributed by atoms with Crippen LogP contribution in [0.1, 0.15) is 43.0 Å². The second-order valence-corrected chi connectivity index (χ2v) is 12.6. The summed E-state index contributed by atoms with van der Waals surface area (Å²) in [5.74, 6) is 2.04. The minimum absolute atomic E-state index is 0.00743. The van der Waals surface area contributed by atoms with Crippen LogP contribution in [0.15, 0.2) is 73.1 Å². The smallest absolute Gasteiger partial charge is 0.416 e. The van der Waals surface area contributed by atoms with E-state index in [1.54, 1.807) is 52.1 Å². The highest BCUT2D eigenvalue weighted by molar-refractivity contribution is 6.04. The van der Waals surface area contributed by atoms with E-state index >= 15 is 0 Å². The lowest BCUT2D eigenvalue weighted by atomic mass is 9.97. The lowest BCUT2D eigenvalue weighted by molar-refractivity contribution is 0.0576. The molecule has 262 valence electrons. The number of fused-ring (bicyclic) bond motifs is 1. The molecule has 1 N–H and O–H groups in total. The third-order valence-corrected chi connectivity index (χ3v) is 7.83. The number of hydrogen-bond donors (Lipinski definition) is 1. The van der Waals surface area contributed by atoms with Crippen molar-refractivity contribution in [2.75, 3.05) is 31.0 Å². The van der Waals surface area contributed by atoms with Gasteiger partial charge in [-0.05, 0) is 70.0 Å². The molecule has 0 saturated heterocycles. The van der Waals surface area contributed by atoms with Crippen LogP contribution in [-0.4, -0.2) is 53.8 Å². The molecular formula is C38H41F2N5O5. The van der Waals surface area contributed by atoms with Gasteiger partial charge in [0.25, 0.3) is 6.43 Å². The quantitative estimate of drug-likeness (QED) is 0.138. The Balaban J connectivity index is 1.70. The van der Waals surface area contributed by atoms with Crippen molar-refractivity contribution >= 4 is 28.6 Å². The molecule has 0 fully saturated rings. The molecule has 0 spiro atoms. The monoisotopic (exact) mass is 685 g/mol. The number of halogens is 2. The predicted octanol–water partition coefficient (Wildman–Crippen LogP) is 8.52. The number of carbonyl (C=O) groups excluding carboxylic acids is 1. The lowest BCUT2D eigenvalue weighted by Crippen LogP contribution is -2.37. The lowest BCUT2D eigenvalue weighted by Gasteiger charge is -2.28. The molecule has 2 heterocycles. The molecular weight excluding hydrogens is 644 g/mol. The van der Waals surface area contributed by atoms with Crippen LogP contribution in [-0.2, 0) is 17.9 Å². The van der Waals surface area contributed by atoms with Crippen molar-refractivity contribution in [2.24, 2.45) is 0 Å². The van der Waals surface area contributed by atoms with E-state index in [0.29, 0.717) is 51.6 Å². The molecule has 0 radical (unpaired) electrons. The van der Waals surface area contributed by atoms with Crippen LogP contribution < -0.4 is 24.4 Å². The molecule has 0 aliphatic heterocycles. The number of nitrogens with zero attached hydrogens (tertiary/aromatic N) is 4. The first-order valence-corrected chi connectivity index (χ1v) is 16.0. The van der Waals surface area contributed by atoms with Crippen LogP contribution in [0.3, 0.4) is 0 Å². The summed E-state index contributed by atoms with van der Waals surface area (Å²) >= 11 is 0. The highest BCUT2D eigenvalue weighted by Crippen LogP contribution is 2.39. The van der Waals surface area contributed by atoms with Crippen molar-refractivity contribution in [1.82, 2.24) is 15.0 Å². The van der Waals surface area contributed by atoms with Crippen LogP contribution in [0.4, 0.5) is 25.2 Å². The Morgan fingerprint density at radius 2 is 1.70 bits per heavy atom. The van der Waals surface area contributed by atoms with Crippen molar-refractivity contribution < 1.29 is 32.5 Å². The first kappa shape index (κ1) is 35.8. The molecule has 50 heavy (non-hydrogen) atoms. The molecule has 0 bridgehead atoms. The topological polar surface area (TPSA) is 108 Å². The van der Waals surface area contributed by atoms with Crippen molar-refractivity contribution in [3.63, 3.8) is 0 Å². The van der Waals surface area contributed by atoms with Gasteiger partial charge in [0.2, 0.25) is 0 Å². The Morgan fingerprint density at radius 1 is 0.940 bits per heavy atom. The Kier molecular flexibility index (Phi) is 11.0. The summed E-state index contributed by atoms with van der Waals surface area (Å²) in [6, 6.07) is 20.4. The van der Waals surface area contributed by atoms with Gasteiger partial charge in [-0.2, -0.15) is 0 Å². The molecule has 5 rings (SSSR count). The number of benzene rings is 3. The van der Waals surface area contributed by atoms with E-state index in [4.69, 9.17) is 23.9 Å². The number of pyridine rings is 1. The standard InChI is InChI=1S/C38H41F2N5O5/c1-23-13-16-29(49-21-25-11-9-8-10-12-25)24(2)33(23)35-34-28(18-32(44-35)41-19-31(39)40)36(43-22-42-34)45(37(46)50-38(3,4)5)20-26-14-15-27(47-6)17-30(26)48-7/h8-18,22,31H,19-21H2,1-7H3,(H,41,44). The number of amides is 1. The normalized spacial score (nSPS) is 11.4. The molecule has 0 unspecified atom stereocenters. The summed E-state index contributed by atoms with van der Waals surface area (Å²) in [6.07, 6.45) is -1.97. The number of aryl methyl sites for hydroxylation is 1. The van der Waals surface area contributed by atoms with Crippen LogP contribution >= 0.6 is 0 Å². The van der Waals surface area contributed by atoms with Gasteiger partial charge in [0, 0.05) is 28.1 Å². The van der Waals surface area contributed by atoms with E-state index < -0.39 is 24.7 Å². The zero-order valence-electron chi connectivity index (χ0n) is 29.2. The second kappa shape index (κ2) is 15.4. The number of ether oxygens (including phenoxy) is 4. The fourth-order valence-corrected chi connectivity index (χ4v) is 5.49. The number of alkyl halides is 2. The third-order valence-electron chi connectivity index (χ3n) is 7.83. The summed E-state index contributed by atoms with van der Waals surface area (Å²) in [5.41, 5.74) is 3.98. The van der Waals surface area contributed by atoms with Gasteiger partial charge in [-0.3, -0.25) is 4.90 Å². The minimum Gasteiger partial charge on any atom is -0.497 e. The van der Waals surface area contributed by atoms with E-state index in [0.717, 1.165) is 16.7 Å². The summed E-state index contributed by atoms with van der Waals surface area (Å²) in [7, 11) is 3.08. The van der Waals surface area contributed by atoms with Crippen LogP contribution in [0, 0.1) is 13.8 Å². The van der Waals surface area contributed by atoms with Crippen LogP contribution in [0.25, 0.3) is 22.2 Å². The third kappa shape index (κ3) is 8.36. The summed E-state index contributed by atoms with van der Waals surface area (Å²) < 4.78 is 50.0. The second-order valence-electron chi connectivity index (χ2n) is 12.6. The van der Waals surface area contributed by atoms with Gasteiger partial charge in [0.15, 0.2) is 0 Å². The first-order chi connectivity index (χ1) is 23.9. The molecule has 2 aromatic heterocycles. The van der Waals surface area contributed by atoms with Gasteiger partial charge in [-0.1, -0.05) is 36.4 Å². The SMILES string of the molecule is COc1ccc(CN(C(=O)OC(C)(C)C)c2ncnc3c(-c4c(C)ccc(OCc5ccccc5)c4C)nc(NCC(F)F)cc23)c(OC)c1. The molecule has 0 saturated carbocycles. The Hall–Kier alpha value is -5.52. The molecule has 3 aromatic carbocycles. The highest BCUT2D eigenvalue weighted by atomic mass is 19.3. The molecule has 10 nitrogen and oxygen atoms in total. The maximum absolute atomic E-state index is 14.0. The number of anilines is 2. The Bertz CT molecular complexity index is 1970. The largest absolute Gasteiger partial charge is 0.497 e. The number of hydrogen-bond acceptors (Lipinski definition) is 9. The van der Waals surface area contributed by atoms with Crippen molar-refractivity contribution in [3.8, 4) is 28.5 Å². The number of nitrogens with one attached hydrogen (secondary N) is 1. The van der Waals surface area contributed by atoms with Crippen LogP contribution in [0.5, 0.6) is 17.2 Å². The molecule has 12 heteroatoms. The fraction of sp³-hybridized carbons (Fsp3) is 0.316. The van der Waals surface area contributed by atoms with Gasteiger partial charge >= 0.3 is 6.09 Å². The van der Waals surface area contributed by atoms with E-state index in [2.05, 4.69) is 15.3 Å². The fourth-order valence-electron chi connectivity index (χ4n) is 5.49. The minimum atomic E-state index is -2.64. The van der Waals surface area contributed by atoms with E-state index in [1.807, 2.05) is 56.3 Å². The first-order valence-electron chi connectivity index (χ1n) is 16.0. The maximum Gasteiger partial charge on any atom is 0.416 e. The van der Waals surface area contributed by atoms with Crippen LogP contribution in [0.2, 0.25) is 0 Å². The number of methoxy groups -OCH3 is 2. The number of carbonyl (C=O) groups is 1. The van der Waals surface area contributed by atoms with Gasteiger partial charge in [0.1, 0.15) is 52.9 Å². The average molecular weight is 686 g/mol. The van der Waals surface area contributed by atoms with E-state index in [-0.39, 0.29) is 18.2 Å². The summed E-state index contributed by atoms with van der Waals surface area (Å²) in [4.78, 5) is 29.3. The highest BCUT2D eigenvalue weighted by Gasteiger charge is 2.29. The van der Waals surface area contributed by atoms with Gasteiger partial charge in [-0.15, -0.1) is 0 Å².